The molecule has 3 atom stereocenters. The van der Waals surface area contributed by atoms with Crippen LogP contribution in [0.1, 0.15) is 24.1 Å². The SMILES string of the molecule is COC(=O)C(C1CN(C(c2ccccc2)c2ccccc2)C1C)S(C)(=O)=O. The highest BCUT2D eigenvalue weighted by Crippen LogP contribution is 2.41. The van der Waals surface area contributed by atoms with Gasteiger partial charge in [0.2, 0.25) is 0 Å². The van der Waals surface area contributed by atoms with Crippen LogP contribution in [0.25, 0.3) is 0 Å². The fourth-order valence-electron chi connectivity index (χ4n) is 3.99. The zero-order chi connectivity index (χ0) is 19.6. The van der Waals surface area contributed by atoms with E-state index in [1.807, 2.05) is 43.3 Å². The summed E-state index contributed by atoms with van der Waals surface area (Å²) in [6.07, 6.45) is 1.11. The standard InChI is InChI=1S/C21H25NO4S/c1-15-18(20(21(23)26-2)27(3,24)25)14-22(15)19(16-10-6-4-7-11-16)17-12-8-5-9-13-17/h4-13,15,18-20H,14H2,1-3H3. The predicted molar refractivity (Wildman–Crippen MR) is 105 cm³/mol. The van der Waals surface area contributed by atoms with Crippen molar-refractivity contribution in [2.24, 2.45) is 5.92 Å². The molecular weight excluding hydrogens is 362 g/mol. The van der Waals surface area contributed by atoms with E-state index in [9.17, 15) is 13.2 Å². The number of likely N-dealkylation sites (tertiary alicyclic amines) is 1. The Morgan fingerprint density at radius 3 is 1.89 bits per heavy atom. The molecular formula is C21H25NO4S. The Hall–Kier alpha value is -2.18. The molecule has 144 valence electrons. The predicted octanol–water partition coefficient (Wildman–Crippen LogP) is 2.68. The highest BCUT2D eigenvalue weighted by Gasteiger charge is 2.50. The molecule has 0 radical (unpaired) electrons. The molecule has 0 spiro atoms. The number of sulfone groups is 1. The summed E-state index contributed by atoms with van der Waals surface area (Å²) in [5.74, 6) is -0.965. The van der Waals surface area contributed by atoms with Crippen LogP contribution < -0.4 is 0 Å². The van der Waals surface area contributed by atoms with Gasteiger partial charge in [0.25, 0.3) is 0 Å². The second kappa shape index (κ2) is 7.82. The molecule has 0 aromatic heterocycles. The maximum absolute atomic E-state index is 12.2. The summed E-state index contributed by atoms with van der Waals surface area (Å²) in [4.78, 5) is 14.4. The van der Waals surface area contributed by atoms with Gasteiger partial charge in [0.1, 0.15) is 0 Å². The van der Waals surface area contributed by atoms with Crippen LogP contribution in [0.5, 0.6) is 0 Å². The van der Waals surface area contributed by atoms with Gasteiger partial charge in [0, 0.05) is 24.8 Å². The lowest BCUT2D eigenvalue weighted by molar-refractivity contribution is -0.144. The van der Waals surface area contributed by atoms with Gasteiger partial charge in [-0.15, -0.1) is 0 Å². The second-order valence-corrected chi connectivity index (χ2v) is 9.27. The lowest BCUT2D eigenvalue weighted by atomic mass is 9.82. The molecule has 1 saturated heterocycles. The van der Waals surface area contributed by atoms with Crippen molar-refractivity contribution < 1.29 is 17.9 Å². The Labute approximate surface area is 160 Å². The fourth-order valence-corrected chi connectivity index (χ4v) is 5.38. The average molecular weight is 388 g/mol. The number of nitrogens with zero attached hydrogens (tertiary/aromatic N) is 1. The molecule has 27 heavy (non-hydrogen) atoms. The number of rotatable bonds is 6. The third-order valence-corrected chi connectivity index (χ3v) is 6.87. The molecule has 1 fully saturated rings. The van der Waals surface area contributed by atoms with Crippen molar-refractivity contribution >= 4 is 15.8 Å². The molecule has 1 aliphatic rings. The van der Waals surface area contributed by atoms with Gasteiger partial charge in [-0.25, -0.2) is 8.42 Å². The number of ether oxygens (including phenoxy) is 1. The number of benzene rings is 2. The van der Waals surface area contributed by atoms with Crippen molar-refractivity contribution in [3.63, 3.8) is 0 Å². The van der Waals surface area contributed by atoms with Crippen LogP contribution in [0.15, 0.2) is 60.7 Å². The Kier molecular flexibility index (Phi) is 5.67. The van der Waals surface area contributed by atoms with Crippen molar-refractivity contribution in [2.45, 2.75) is 24.3 Å². The van der Waals surface area contributed by atoms with E-state index in [-0.39, 0.29) is 18.0 Å². The molecule has 2 aromatic carbocycles. The van der Waals surface area contributed by atoms with Crippen LogP contribution in [-0.2, 0) is 19.4 Å². The number of methoxy groups -OCH3 is 1. The zero-order valence-corrected chi connectivity index (χ0v) is 16.6. The molecule has 5 nitrogen and oxygen atoms in total. The van der Waals surface area contributed by atoms with Crippen molar-refractivity contribution in [2.75, 3.05) is 19.9 Å². The van der Waals surface area contributed by atoms with Gasteiger partial charge in [-0.2, -0.15) is 0 Å². The van der Waals surface area contributed by atoms with Crippen molar-refractivity contribution in [1.29, 1.82) is 0 Å². The molecule has 6 heteroatoms. The number of hydrogen-bond acceptors (Lipinski definition) is 5. The van der Waals surface area contributed by atoms with Gasteiger partial charge in [-0.05, 0) is 18.1 Å². The van der Waals surface area contributed by atoms with Gasteiger partial charge in [0.05, 0.1) is 13.2 Å². The van der Waals surface area contributed by atoms with E-state index >= 15 is 0 Å². The van der Waals surface area contributed by atoms with E-state index in [0.29, 0.717) is 6.54 Å². The molecule has 3 rings (SSSR count). The summed E-state index contributed by atoms with van der Waals surface area (Å²) in [6, 6.07) is 20.2. The molecule has 0 amide bonds. The summed E-state index contributed by atoms with van der Waals surface area (Å²) < 4.78 is 29.2. The fraction of sp³-hybridized carbons (Fsp3) is 0.381. The topological polar surface area (TPSA) is 63.7 Å². The first-order chi connectivity index (χ1) is 12.8. The molecule has 0 aliphatic carbocycles. The molecule has 0 N–H and O–H groups in total. The largest absolute Gasteiger partial charge is 0.468 e. The molecule has 1 heterocycles. The lowest BCUT2D eigenvalue weighted by Crippen LogP contribution is -2.62. The summed E-state index contributed by atoms with van der Waals surface area (Å²) in [7, 11) is -2.31. The van der Waals surface area contributed by atoms with Crippen LogP contribution in [0.4, 0.5) is 0 Å². The van der Waals surface area contributed by atoms with E-state index in [4.69, 9.17) is 4.74 Å². The first-order valence-corrected chi connectivity index (χ1v) is 10.9. The van der Waals surface area contributed by atoms with Crippen LogP contribution in [0, 0.1) is 5.92 Å². The Morgan fingerprint density at radius 1 is 1.04 bits per heavy atom. The van der Waals surface area contributed by atoms with Crippen molar-refractivity contribution in [3.8, 4) is 0 Å². The Balaban J connectivity index is 1.92. The number of esters is 1. The van der Waals surface area contributed by atoms with Crippen LogP contribution >= 0.6 is 0 Å². The molecule has 1 aliphatic heterocycles. The second-order valence-electron chi connectivity index (χ2n) is 7.10. The van der Waals surface area contributed by atoms with Crippen LogP contribution in [-0.4, -0.2) is 50.5 Å². The normalized spacial score (nSPS) is 21.5. The quantitative estimate of drug-likeness (QED) is 0.713. The minimum Gasteiger partial charge on any atom is -0.468 e. The van der Waals surface area contributed by atoms with Gasteiger partial charge in [0.15, 0.2) is 15.1 Å². The molecule has 2 aromatic rings. The maximum Gasteiger partial charge on any atom is 0.324 e. The highest BCUT2D eigenvalue weighted by atomic mass is 32.2. The van der Waals surface area contributed by atoms with Gasteiger partial charge in [-0.3, -0.25) is 9.69 Å². The van der Waals surface area contributed by atoms with Crippen molar-refractivity contribution in [3.05, 3.63) is 71.8 Å². The summed E-state index contributed by atoms with van der Waals surface area (Å²) in [5, 5.41) is -1.12. The molecule has 0 saturated carbocycles. The third kappa shape index (κ3) is 3.92. The van der Waals surface area contributed by atoms with Gasteiger partial charge >= 0.3 is 5.97 Å². The monoisotopic (exact) mass is 387 g/mol. The third-order valence-electron chi connectivity index (χ3n) is 5.41. The van der Waals surface area contributed by atoms with E-state index in [1.54, 1.807) is 0 Å². The highest BCUT2D eigenvalue weighted by molar-refractivity contribution is 7.92. The van der Waals surface area contributed by atoms with Crippen LogP contribution in [0.2, 0.25) is 0 Å². The zero-order valence-electron chi connectivity index (χ0n) is 15.8. The van der Waals surface area contributed by atoms with E-state index in [2.05, 4.69) is 29.2 Å². The lowest BCUT2D eigenvalue weighted by Gasteiger charge is -2.52. The summed E-state index contributed by atoms with van der Waals surface area (Å²) in [5.41, 5.74) is 2.28. The first kappa shape index (κ1) is 19.6. The smallest absolute Gasteiger partial charge is 0.324 e. The van der Waals surface area contributed by atoms with Crippen LogP contribution in [0.3, 0.4) is 0 Å². The molecule has 0 bridgehead atoms. The van der Waals surface area contributed by atoms with Gasteiger partial charge < -0.3 is 4.74 Å². The van der Waals surface area contributed by atoms with E-state index in [0.717, 1.165) is 17.4 Å². The average Bonchev–Trinajstić information content (AvgIpc) is 2.67. The first-order valence-electron chi connectivity index (χ1n) is 8.97. The minimum absolute atomic E-state index is 0.0107. The summed E-state index contributed by atoms with van der Waals surface area (Å²) in [6.45, 7) is 2.50. The number of carbonyl (C=O) groups excluding carboxylic acids is 1. The van der Waals surface area contributed by atoms with Crippen molar-refractivity contribution in [1.82, 2.24) is 4.90 Å². The Morgan fingerprint density at radius 2 is 1.52 bits per heavy atom. The molecule has 3 unspecified atom stereocenters. The maximum atomic E-state index is 12.2. The minimum atomic E-state index is -3.55. The Bertz CT molecular complexity index is 843. The number of hydrogen-bond donors (Lipinski definition) is 0. The van der Waals surface area contributed by atoms with Gasteiger partial charge in [-0.1, -0.05) is 60.7 Å². The van der Waals surface area contributed by atoms with E-state index in [1.165, 1.54) is 7.11 Å². The summed E-state index contributed by atoms with van der Waals surface area (Å²) >= 11 is 0. The number of carbonyl (C=O) groups is 1. The van der Waals surface area contributed by atoms with E-state index < -0.39 is 21.1 Å².